The van der Waals surface area contributed by atoms with Gasteiger partial charge in [0.15, 0.2) is 9.84 Å². The molecular weight excluding hydrogens is 457 g/mol. The highest BCUT2D eigenvalue weighted by Gasteiger charge is 2.36. The fourth-order valence-electron chi connectivity index (χ4n) is 3.74. The SMILES string of the molecule is O=C(CS(=O)(=O)CCCc1ccccc1)N1CCN(C(=O)c2ccccc2C(F)(F)F)CC1. The van der Waals surface area contributed by atoms with Crippen LogP contribution in [0, 0.1) is 0 Å². The number of sulfone groups is 1. The molecule has 33 heavy (non-hydrogen) atoms. The van der Waals surface area contributed by atoms with Gasteiger partial charge in [0.25, 0.3) is 5.91 Å². The van der Waals surface area contributed by atoms with Crippen molar-refractivity contribution < 1.29 is 31.2 Å². The number of carbonyl (C=O) groups is 2. The molecule has 1 saturated heterocycles. The van der Waals surface area contributed by atoms with Gasteiger partial charge in [-0.3, -0.25) is 9.59 Å². The number of hydrogen-bond acceptors (Lipinski definition) is 4. The highest BCUT2D eigenvalue weighted by molar-refractivity contribution is 7.92. The molecule has 1 heterocycles. The predicted octanol–water partition coefficient (Wildman–Crippen LogP) is 3.04. The maximum Gasteiger partial charge on any atom is 0.417 e. The summed E-state index contributed by atoms with van der Waals surface area (Å²) in [6.07, 6.45) is -3.66. The van der Waals surface area contributed by atoms with Gasteiger partial charge in [0.1, 0.15) is 5.75 Å². The lowest BCUT2D eigenvalue weighted by Crippen LogP contribution is -2.52. The minimum absolute atomic E-state index is 0.0326. The number of nitrogens with zero attached hydrogens (tertiary/aromatic N) is 2. The topological polar surface area (TPSA) is 74.8 Å². The molecule has 0 atom stereocenters. The van der Waals surface area contributed by atoms with Crippen molar-refractivity contribution in [1.29, 1.82) is 0 Å². The van der Waals surface area contributed by atoms with Crippen LogP contribution in [0.4, 0.5) is 13.2 Å². The van der Waals surface area contributed by atoms with Gasteiger partial charge in [0.2, 0.25) is 5.91 Å². The highest BCUT2D eigenvalue weighted by Crippen LogP contribution is 2.32. The molecule has 178 valence electrons. The third-order valence-corrected chi connectivity index (χ3v) is 7.09. The molecule has 0 unspecified atom stereocenters. The van der Waals surface area contributed by atoms with Crippen LogP contribution < -0.4 is 0 Å². The van der Waals surface area contributed by atoms with Gasteiger partial charge in [-0.15, -0.1) is 0 Å². The molecule has 0 N–H and O–H groups in total. The molecule has 3 rings (SSSR count). The van der Waals surface area contributed by atoms with Gasteiger partial charge in [0, 0.05) is 26.2 Å². The van der Waals surface area contributed by atoms with E-state index in [0.29, 0.717) is 12.8 Å². The zero-order valence-electron chi connectivity index (χ0n) is 17.9. The van der Waals surface area contributed by atoms with Gasteiger partial charge in [-0.05, 0) is 30.5 Å². The molecule has 10 heteroatoms. The van der Waals surface area contributed by atoms with E-state index >= 15 is 0 Å². The summed E-state index contributed by atoms with van der Waals surface area (Å²) in [5.74, 6) is -2.05. The van der Waals surface area contributed by atoms with E-state index in [1.54, 1.807) is 0 Å². The lowest BCUT2D eigenvalue weighted by Gasteiger charge is -2.35. The average Bonchev–Trinajstić information content (AvgIpc) is 2.78. The van der Waals surface area contributed by atoms with Crippen molar-refractivity contribution in [2.24, 2.45) is 0 Å². The summed E-state index contributed by atoms with van der Waals surface area (Å²) in [6, 6.07) is 14.0. The minimum atomic E-state index is -4.65. The summed E-state index contributed by atoms with van der Waals surface area (Å²) in [7, 11) is -3.59. The molecule has 2 amide bonds. The standard InChI is InChI=1S/C23H25F3N2O4S/c24-23(25,26)20-11-5-4-10-19(20)22(30)28-14-12-27(13-15-28)21(29)17-33(31,32)16-6-9-18-7-2-1-3-8-18/h1-5,7-8,10-11H,6,9,12-17H2. The van der Waals surface area contributed by atoms with E-state index in [2.05, 4.69) is 0 Å². The van der Waals surface area contributed by atoms with Crippen LogP contribution in [0.25, 0.3) is 0 Å². The summed E-state index contributed by atoms with van der Waals surface area (Å²) in [5, 5.41) is 0. The van der Waals surface area contributed by atoms with Crippen LogP contribution >= 0.6 is 0 Å². The first-order valence-electron chi connectivity index (χ1n) is 10.5. The third kappa shape index (κ3) is 6.80. The average molecular weight is 483 g/mol. The van der Waals surface area contributed by atoms with Crippen molar-refractivity contribution in [1.82, 2.24) is 9.80 Å². The quantitative estimate of drug-likeness (QED) is 0.608. The predicted molar refractivity (Wildman–Crippen MR) is 117 cm³/mol. The van der Waals surface area contributed by atoms with Gasteiger partial charge in [-0.25, -0.2) is 8.42 Å². The number of rotatable bonds is 7. The fraction of sp³-hybridized carbons (Fsp3) is 0.391. The zero-order chi connectivity index (χ0) is 24.1. The second-order valence-electron chi connectivity index (χ2n) is 7.90. The first-order chi connectivity index (χ1) is 15.6. The maximum atomic E-state index is 13.2. The van der Waals surface area contributed by atoms with Crippen LogP contribution in [0.1, 0.15) is 27.9 Å². The van der Waals surface area contributed by atoms with E-state index in [9.17, 15) is 31.2 Å². The van der Waals surface area contributed by atoms with Crippen LogP contribution in [-0.2, 0) is 27.2 Å². The molecule has 2 aromatic carbocycles. The Balaban J connectivity index is 1.51. The van der Waals surface area contributed by atoms with E-state index in [-0.39, 0.29) is 31.9 Å². The van der Waals surface area contributed by atoms with Crippen molar-refractivity contribution in [2.45, 2.75) is 19.0 Å². The Hall–Kier alpha value is -2.88. The Kier molecular flexibility index (Phi) is 7.78. The molecule has 0 spiro atoms. The molecule has 0 aromatic heterocycles. The Morgan fingerprint density at radius 2 is 1.42 bits per heavy atom. The number of halogens is 3. The molecular formula is C23H25F3N2O4S. The van der Waals surface area contributed by atoms with E-state index in [1.165, 1.54) is 21.9 Å². The van der Waals surface area contributed by atoms with Crippen molar-refractivity contribution in [3.63, 3.8) is 0 Å². The first-order valence-corrected chi connectivity index (χ1v) is 12.4. The van der Waals surface area contributed by atoms with Crippen molar-refractivity contribution in [2.75, 3.05) is 37.7 Å². The number of piperazine rings is 1. The van der Waals surface area contributed by atoms with Crippen molar-refractivity contribution >= 4 is 21.7 Å². The summed E-state index contributed by atoms with van der Waals surface area (Å²) in [5.41, 5.74) is -0.423. The fourth-order valence-corrected chi connectivity index (χ4v) is 5.03. The molecule has 0 bridgehead atoms. The van der Waals surface area contributed by atoms with Gasteiger partial charge < -0.3 is 9.80 Å². The molecule has 2 aromatic rings. The molecule has 0 radical (unpaired) electrons. The Morgan fingerprint density at radius 3 is 2.06 bits per heavy atom. The van der Waals surface area contributed by atoms with Crippen LogP contribution in [0.15, 0.2) is 54.6 Å². The largest absolute Gasteiger partial charge is 0.417 e. The van der Waals surface area contributed by atoms with Crippen LogP contribution in [0.3, 0.4) is 0 Å². The lowest BCUT2D eigenvalue weighted by molar-refractivity contribution is -0.138. The van der Waals surface area contributed by atoms with E-state index in [1.807, 2.05) is 30.3 Å². The maximum absolute atomic E-state index is 13.2. The zero-order valence-corrected chi connectivity index (χ0v) is 18.7. The van der Waals surface area contributed by atoms with Gasteiger partial charge in [0.05, 0.1) is 16.9 Å². The smallest absolute Gasteiger partial charge is 0.338 e. The number of hydrogen-bond donors (Lipinski definition) is 0. The van der Waals surface area contributed by atoms with E-state index in [4.69, 9.17) is 0 Å². The minimum Gasteiger partial charge on any atom is -0.338 e. The van der Waals surface area contributed by atoms with Crippen LogP contribution in [0.2, 0.25) is 0 Å². The molecule has 6 nitrogen and oxygen atoms in total. The number of amides is 2. The second-order valence-corrected chi connectivity index (χ2v) is 10.1. The number of carbonyl (C=O) groups excluding carboxylic acids is 2. The van der Waals surface area contributed by atoms with Crippen LogP contribution in [0.5, 0.6) is 0 Å². The van der Waals surface area contributed by atoms with E-state index < -0.39 is 44.7 Å². The molecule has 1 aliphatic heterocycles. The summed E-state index contributed by atoms with van der Waals surface area (Å²) >= 11 is 0. The van der Waals surface area contributed by atoms with Gasteiger partial charge in [-0.2, -0.15) is 13.2 Å². The van der Waals surface area contributed by atoms with Crippen LogP contribution in [-0.4, -0.2) is 67.7 Å². The lowest BCUT2D eigenvalue weighted by atomic mass is 10.1. The molecule has 1 aliphatic rings. The summed E-state index contributed by atoms with van der Waals surface area (Å²) in [4.78, 5) is 27.7. The summed E-state index contributed by atoms with van der Waals surface area (Å²) < 4.78 is 64.3. The van der Waals surface area contributed by atoms with Crippen molar-refractivity contribution in [3.05, 3.63) is 71.3 Å². The van der Waals surface area contributed by atoms with Gasteiger partial charge >= 0.3 is 6.18 Å². The second kappa shape index (κ2) is 10.4. The Morgan fingerprint density at radius 1 is 0.848 bits per heavy atom. The highest BCUT2D eigenvalue weighted by atomic mass is 32.2. The van der Waals surface area contributed by atoms with E-state index in [0.717, 1.165) is 17.7 Å². The monoisotopic (exact) mass is 482 g/mol. The Bertz CT molecular complexity index is 1080. The number of alkyl halides is 3. The normalized spacial score (nSPS) is 14.9. The first kappa shape index (κ1) is 24.8. The summed E-state index contributed by atoms with van der Waals surface area (Å²) in [6.45, 7) is 0.201. The molecule has 1 fully saturated rings. The molecule has 0 aliphatic carbocycles. The Labute approximate surface area is 190 Å². The number of benzene rings is 2. The van der Waals surface area contributed by atoms with Crippen molar-refractivity contribution in [3.8, 4) is 0 Å². The molecule has 0 saturated carbocycles. The number of aryl methyl sites for hydroxylation is 1. The third-order valence-electron chi connectivity index (χ3n) is 5.49. The van der Waals surface area contributed by atoms with Gasteiger partial charge in [-0.1, -0.05) is 42.5 Å².